The van der Waals surface area contributed by atoms with Crippen LogP contribution in [0.3, 0.4) is 0 Å². The van der Waals surface area contributed by atoms with Gasteiger partial charge in [-0.15, -0.1) is 0 Å². The summed E-state index contributed by atoms with van der Waals surface area (Å²) in [5.41, 5.74) is 4.00. The highest BCUT2D eigenvalue weighted by Crippen LogP contribution is 2.16. The fraction of sp³-hybridized carbons (Fsp3) is 0.381. The molecule has 6 heteroatoms. The third-order valence-corrected chi connectivity index (χ3v) is 5.74. The molecule has 0 fully saturated rings. The van der Waals surface area contributed by atoms with Crippen molar-refractivity contribution in [1.82, 2.24) is 4.31 Å². The van der Waals surface area contributed by atoms with Crippen LogP contribution in [0.4, 0.5) is 5.69 Å². The Morgan fingerprint density at radius 2 is 1.74 bits per heavy atom. The zero-order valence-electron chi connectivity index (χ0n) is 16.2. The van der Waals surface area contributed by atoms with Crippen LogP contribution in [0.5, 0.6) is 0 Å². The molecule has 1 amide bonds. The molecule has 5 nitrogen and oxygen atoms in total. The molecule has 27 heavy (non-hydrogen) atoms. The van der Waals surface area contributed by atoms with E-state index < -0.39 is 10.0 Å². The molecule has 0 spiro atoms. The Hall–Kier alpha value is -2.18. The number of rotatable bonds is 9. The monoisotopic (exact) mass is 388 g/mol. The third-order valence-electron chi connectivity index (χ3n) is 4.44. The minimum absolute atomic E-state index is 0.131. The van der Waals surface area contributed by atoms with Crippen molar-refractivity contribution < 1.29 is 13.2 Å². The van der Waals surface area contributed by atoms with Gasteiger partial charge in [-0.25, -0.2) is 12.7 Å². The predicted molar refractivity (Wildman–Crippen MR) is 110 cm³/mol. The Bertz CT molecular complexity index is 864. The van der Waals surface area contributed by atoms with Gasteiger partial charge >= 0.3 is 0 Å². The highest BCUT2D eigenvalue weighted by molar-refractivity contribution is 7.88. The summed E-state index contributed by atoms with van der Waals surface area (Å²) in [5.74, 6) is -0.180. The predicted octanol–water partition coefficient (Wildman–Crippen LogP) is 3.53. The molecular formula is C21H28N2O3S. The number of nitrogens with one attached hydrogen (secondary N) is 1. The molecule has 0 aliphatic rings. The van der Waals surface area contributed by atoms with Crippen LogP contribution in [-0.2, 0) is 21.2 Å². The topological polar surface area (TPSA) is 66.5 Å². The highest BCUT2D eigenvalue weighted by atomic mass is 32.2. The molecule has 0 aromatic heterocycles. The second kappa shape index (κ2) is 9.67. The Morgan fingerprint density at radius 3 is 2.41 bits per heavy atom. The SMILES string of the molecule is Cc1ccc(C)c(NC(=O)CCN(CCCc2ccccc2)S(C)(=O)=O)c1. The van der Waals surface area contributed by atoms with Gasteiger partial charge in [0.05, 0.1) is 6.26 Å². The van der Waals surface area contributed by atoms with E-state index >= 15 is 0 Å². The van der Waals surface area contributed by atoms with Crippen LogP contribution >= 0.6 is 0 Å². The zero-order valence-corrected chi connectivity index (χ0v) is 17.1. The van der Waals surface area contributed by atoms with Gasteiger partial charge in [-0.3, -0.25) is 4.79 Å². The fourth-order valence-electron chi connectivity index (χ4n) is 2.86. The standard InChI is InChI=1S/C21H28N2O3S/c1-17-11-12-18(2)20(16-17)22-21(24)13-15-23(27(3,25)26)14-7-10-19-8-5-4-6-9-19/h4-6,8-9,11-12,16H,7,10,13-15H2,1-3H3,(H,22,24). The maximum atomic E-state index is 12.3. The summed E-state index contributed by atoms with van der Waals surface area (Å²) < 4.78 is 25.5. The first-order valence-corrected chi connectivity index (χ1v) is 11.0. The minimum atomic E-state index is -3.35. The highest BCUT2D eigenvalue weighted by Gasteiger charge is 2.17. The first kappa shape index (κ1) is 21.1. The van der Waals surface area contributed by atoms with Gasteiger partial charge in [-0.1, -0.05) is 42.5 Å². The van der Waals surface area contributed by atoms with Crippen molar-refractivity contribution in [3.8, 4) is 0 Å². The van der Waals surface area contributed by atoms with Gasteiger partial charge in [0, 0.05) is 25.2 Å². The molecule has 0 saturated carbocycles. The number of sulfonamides is 1. The first-order valence-electron chi connectivity index (χ1n) is 9.12. The zero-order chi connectivity index (χ0) is 19.9. The van der Waals surface area contributed by atoms with Crippen molar-refractivity contribution in [3.63, 3.8) is 0 Å². The van der Waals surface area contributed by atoms with Crippen LogP contribution in [0.15, 0.2) is 48.5 Å². The van der Waals surface area contributed by atoms with E-state index in [1.54, 1.807) is 0 Å². The quantitative estimate of drug-likeness (QED) is 0.715. The Morgan fingerprint density at radius 1 is 1.04 bits per heavy atom. The van der Waals surface area contributed by atoms with Gasteiger partial charge in [-0.2, -0.15) is 0 Å². The van der Waals surface area contributed by atoms with Gasteiger partial charge in [0.1, 0.15) is 0 Å². The van der Waals surface area contributed by atoms with E-state index in [1.807, 2.05) is 62.4 Å². The van der Waals surface area contributed by atoms with Crippen LogP contribution in [0, 0.1) is 13.8 Å². The van der Waals surface area contributed by atoms with Crippen molar-refractivity contribution in [3.05, 3.63) is 65.2 Å². The Kier molecular flexibility index (Phi) is 7.56. The lowest BCUT2D eigenvalue weighted by molar-refractivity contribution is -0.116. The van der Waals surface area contributed by atoms with Crippen molar-refractivity contribution >= 4 is 21.6 Å². The number of hydrogen-bond acceptors (Lipinski definition) is 3. The molecule has 0 bridgehead atoms. The van der Waals surface area contributed by atoms with Gasteiger partial charge in [0.25, 0.3) is 0 Å². The van der Waals surface area contributed by atoms with Crippen molar-refractivity contribution in [2.75, 3.05) is 24.7 Å². The number of carbonyl (C=O) groups is 1. The van der Waals surface area contributed by atoms with Gasteiger partial charge in [0.2, 0.25) is 15.9 Å². The van der Waals surface area contributed by atoms with Gasteiger partial charge in [0.15, 0.2) is 0 Å². The first-order chi connectivity index (χ1) is 12.8. The number of carbonyl (C=O) groups excluding carboxylic acids is 1. The number of benzene rings is 2. The van der Waals surface area contributed by atoms with E-state index in [0.717, 1.165) is 29.7 Å². The molecule has 2 aromatic carbocycles. The Balaban J connectivity index is 1.88. The molecule has 0 saturated heterocycles. The molecule has 0 radical (unpaired) electrons. The normalized spacial score (nSPS) is 11.6. The van der Waals surface area contributed by atoms with E-state index in [0.29, 0.717) is 6.54 Å². The summed E-state index contributed by atoms with van der Waals surface area (Å²) >= 11 is 0. The molecule has 0 aliphatic heterocycles. The molecule has 0 heterocycles. The van der Waals surface area contributed by atoms with E-state index in [1.165, 1.54) is 16.1 Å². The Labute approximate surface area is 162 Å². The largest absolute Gasteiger partial charge is 0.326 e. The van der Waals surface area contributed by atoms with Gasteiger partial charge < -0.3 is 5.32 Å². The summed E-state index contributed by atoms with van der Waals surface area (Å²) in [4.78, 5) is 12.3. The third kappa shape index (κ3) is 7.15. The van der Waals surface area contributed by atoms with Gasteiger partial charge in [-0.05, 0) is 49.4 Å². The number of hydrogen-bond donors (Lipinski definition) is 1. The smallest absolute Gasteiger partial charge is 0.225 e. The lowest BCUT2D eigenvalue weighted by atomic mass is 10.1. The van der Waals surface area contributed by atoms with Crippen molar-refractivity contribution in [2.45, 2.75) is 33.1 Å². The summed E-state index contributed by atoms with van der Waals surface area (Å²) in [6.07, 6.45) is 2.85. The second-order valence-electron chi connectivity index (χ2n) is 6.87. The van der Waals surface area contributed by atoms with Crippen LogP contribution in [0.25, 0.3) is 0 Å². The number of nitrogens with zero attached hydrogens (tertiary/aromatic N) is 1. The van der Waals surface area contributed by atoms with E-state index in [4.69, 9.17) is 0 Å². The maximum absolute atomic E-state index is 12.3. The minimum Gasteiger partial charge on any atom is -0.326 e. The lowest BCUT2D eigenvalue weighted by Gasteiger charge is -2.20. The molecule has 0 atom stereocenters. The number of aryl methyl sites for hydroxylation is 3. The molecular weight excluding hydrogens is 360 g/mol. The number of anilines is 1. The molecule has 0 unspecified atom stereocenters. The average Bonchev–Trinajstić information content (AvgIpc) is 2.61. The molecule has 2 aromatic rings. The van der Waals surface area contributed by atoms with Crippen molar-refractivity contribution in [2.24, 2.45) is 0 Å². The summed E-state index contributed by atoms with van der Waals surface area (Å²) in [7, 11) is -3.35. The van der Waals surface area contributed by atoms with Crippen molar-refractivity contribution in [1.29, 1.82) is 0 Å². The average molecular weight is 389 g/mol. The van der Waals surface area contributed by atoms with Crippen LogP contribution in [-0.4, -0.2) is 38.0 Å². The molecule has 1 N–H and O–H groups in total. The second-order valence-corrected chi connectivity index (χ2v) is 8.85. The van der Waals surface area contributed by atoms with E-state index in [-0.39, 0.29) is 18.9 Å². The number of amides is 1. The van der Waals surface area contributed by atoms with E-state index in [2.05, 4.69) is 5.32 Å². The summed E-state index contributed by atoms with van der Waals surface area (Å²) in [5, 5.41) is 2.88. The fourth-order valence-corrected chi connectivity index (χ4v) is 3.74. The van der Waals surface area contributed by atoms with Crippen LogP contribution in [0.2, 0.25) is 0 Å². The molecule has 146 valence electrons. The maximum Gasteiger partial charge on any atom is 0.225 e. The summed E-state index contributed by atoms with van der Waals surface area (Å²) in [6, 6.07) is 15.8. The van der Waals surface area contributed by atoms with E-state index in [9.17, 15) is 13.2 Å². The molecule has 0 aliphatic carbocycles. The van der Waals surface area contributed by atoms with Crippen LogP contribution < -0.4 is 5.32 Å². The molecule has 2 rings (SSSR count). The lowest BCUT2D eigenvalue weighted by Crippen LogP contribution is -2.34. The van der Waals surface area contributed by atoms with Crippen LogP contribution in [0.1, 0.15) is 29.5 Å². The summed E-state index contributed by atoms with van der Waals surface area (Å²) in [6.45, 7) is 4.49.